The van der Waals surface area contributed by atoms with Crippen LogP contribution in [0.1, 0.15) is 194 Å². The molecule has 2 aliphatic rings. The Hall–Kier alpha value is -3.87. The standard InChI is InChI=1S/C68H111NO13/c1-3-5-7-9-11-13-15-17-18-19-20-21-22-23-24-25-26-27-28-29-30-31-32-33-34-35-36-37-38-40-42-44-46-48-50-52-60(73)69-56(57(72)51-49-47-45-43-41-39-16-14-12-10-8-6-4-2)55-79-67-65(78)63(76)66(59(54-71)81-67)82-68-64(77)62(75)61(74)58(53-70)80-68/h5,7,11,13,17-18,20-21,23-24,26-27,29-30,32-33,35-36,38,40,49,51,56-59,61-68,70-72,74-78H,3-4,6,8-10,12,14-16,19,22,25,28,31,34,37,39,41-48,50,52-55H2,1-2H3,(H,69,73)/b7-5-,13-11-,18-17-,21-20-,24-23-,27-26-,30-29-,33-32-,36-35-,40-38-,51-49+. The van der Waals surface area contributed by atoms with Gasteiger partial charge in [0, 0.05) is 6.42 Å². The Bertz CT molecular complexity index is 1880. The lowest BCUT2D eigenvalue weighted by Gasteiger charge is -2.46. The van der Waals surface area contributed by atoms with Crippen molar-refractivity contribution in [2.45, 2.75) is 267 Å². The van der Waals surface area contributed by atoms with Crippen LogP contribution in [0.2, 0.25) is 0 Å². The number of nitrogens with one attached hydrogen (secondary N) is 1. The van der Waals surface area contributed by atoms with E-state index >= 15 is 0 Å². The van der Waals surface area contributed by atoms with E-state index < -0.39 is 86.8 Å². The van der Waals surface area contributed by atoms with Crippen molar-refractivity contribution in [3.05, 3.63) is 134 Å². The second-order valence-electron chi connectivity index (χ2n) is 21.5. The van der Waals surface area contributed by atoms with Crippen LogP contribution < -0.4 is 5.32 Å². The molecule has 2 fully saturated rings. The number of rotatable bonds is 48. The fourth-order valence-corrected chi connectivity index (χ4v) is 9.32. The summed E-state index contributed by atoms with van der Waals surface area (Å²) < 4.78 is 22.7. The second kappa shape index (κ2) is 51.5. The lowest BCUT2D eigenvalue weighted by atomic mass is 9.97. The molecule has 0 saturated carbocycles. The Morgan fingerprint density at radius 1 is 0.451 bits per heavy atom. The van der Waals surface area contributed by atoms with Gasteiger partial charge >= 0.3 is 0 Å². The van der Waals surface area contributed by atoms with Crippen LogP contribution in [-0.2, 0) is 23.7 Å². The van der Waals surface area contributed by atoms with Crippen molar-refractivity contribution in [3.63, 3.8) is 0 Å². The third-order valence-corrected chi connectivity index (χ3v) is 14.3. The molecule has 2 heterocycles. The molecule has 14 nitrogen and oxygen atoms in total. The average Bonchev–Trinajstić information content (AvgIpc) is 3.56. The fraction of sp³-hybridized carbons (Fsp3) is 0.662. The molecule has 1 amide bonds. The Morgan fingerprint density at radius 3 is 1.29 bits per heavy atom. The first kappa shape index (κ1) is 74.2. The number of carbonyl (C=O) groups excluding carboxylic acids is 1. The van der Waals surface area contributed by atoms with Crippen LogP contribution in [-0.4, -0.2) is 140 Å². The largest absolute Gasteiger partial charge is 0.394 e. The van der Waals surface area contributed by atoms with Gasteiger partial charge in [0.05, 0.1) is 32.0 Å². The molecule has 2 rings (SSSR count). The van der Waals surface area contributed by atoms with E-state index in [-0.39, 0.29) is 18.9 Å². The van der Waals surface area contributed by atoms with Crippen LogP contribution in [0, 0.1) is 0 Å². The molecule has 0 aliphatic carbocycles. The molecule has 14 heteroatoms. The van der Waals surface area contributed by atoms with E-state index in [4.69, 9.17) is 18.9 Å². The van der Waals surface area contributed by atoms with Crippen molar-refractivity contribution in [3.8, 4) is 0 Å². The third-order valence-electron chi connectivity index (χ3n) is 14.3. The zero-order valence-corrected chi connectivity index (χ0v) is 50.2. The van der Waals surface area contributed by atoms with Gasteiger partial charge in [-0.1, -0.05) is 225 Å². The molecular formula is C68H111NO13. The van der Waals surface area contributed by atoms with Crippen molar-refractivity contribution in [2.24, 2.45) is 0 Å². The predicted molar refractivity (Wildman–Crippen MR) is 331 cm³/mol. The number of ether oxygens (including phenoxy) is 4. The summed E-state index contributed by atoms with van der Waals surface area (Å²) in [7, 11) is 0. The van der Waals surface area contributed by atoms with Gasteiger partial charge in [-0.2, -0.15) is 0 Å². The molecule has 12 unspecified atom stereocenters. The van der Waals surface area contributed by atoms with E-state index in [0.29, 0.717) is 6.42 Å². The summed E-state index contributed by atoms with van der Waals surface area (Å²) in [5.74, 6) is -0.271. The fourth-order valence-electron chi connectivity index (χ4n) is 9.32. The highest BCUT2D eigenvalue weighted by Gasteiger charge is 2.51. The van der Waals surface area contributed by atoms with Crippen LogP contribution in [0.4, 0.5) is 0 Å². The van der Waals surface area contributed by atoms with E-state index in [1.165, 1.54) is 51.4 Å². The van der Waals surface area contributed by atoms with Crippen LogP contribution >= 0.6 is 0 Å². The number of hydrogen-bond donors (Lipinski definition) is 9. The summed E-state index contributed by atoms with van der Waals surface area (Å²) in [6, 6.07) is -0.938. The molecule has 0 radical (unpaired) electrons. The van der Waals surface area contributed by atoms with Crippen molar-refractivity contribution in [2.75, 3.05) is 19.8 Å². The van der Waals surface area contributed by atoms with E-state index in [2.05, 4.69) is 141 Å². The molecule has 466 valence electrons. The molecule has 82 heavy (non-hydrogen) atoms. The Balaban J connectivity index is 1.70. The van der Waals surface area contributed by atoms with Gasteiger partial charge in [0.25, 0.3) is 0 Å². The summed E-state index contributed by atoms with van der Waals surface area (Å²) in [5.41, 5.74) is 0. The quantitative estimate of drug-likeness (QED) is 0.0204. The van der Waals surface area contributed by atoms with E-state index in [1.807, 2.05) is 6.08 Å². The van der Waals surface area contributed by atoms with Gasteiger partial charge in [0.15, 0.2) is 12.6 Å². The normalized spacial score (nSPS) is 24.9. The van der Waals surface area contributed by atoms with Crippen LogP contribution in [0.3, 0.4) is 0 Å². The highest BCUT2D eigenvalue weighted by Crippen LogP contribution is 2.30. The van der Waals surface area contributed by atoms with Crippen LogP contribution in [0.5, 0.6) is 0 Å². The minimum atomic E-state index is -1.80. The maximum atomic E-state index is 13.3. The highest BCUT2D eigenvalue weighted by atomic mass is 16.7. The van der Waals surface area contributed by atoms with Gasteiger partial charge in [0.1, 0.15) is 48.8 Å². The summed E-state index contributed by atoms with van der Waals surface area (Å²) in [5, 5.41) is 87.0. The second-order valence-corrected chi connectivity index (χ2v) is 21.5. The zero-order valence-electron chi connectivity index (χ0n) is 50.2. The first-order chi connectivity index (χ1) is 40.1. The summed E-state index contributed by atoms with van der Waals surface area (Å²) >= 11 is 0. The first-order valence-electron chi connectivity index (χ1n) is 31.4. The van der Waals surface area contributed by atoms with Gasteiger partial charge in [-0.05, 0) is 96.3 Å². The van der Waals surface area contributed by atoms with E-state index in [9.17, 15) is 45.6 Å². The summed E-state index contributed by atoms with van der Waals surface area (Å²) in [4.78, 5) is 13.3. The zero-order chi connectivity index (χ0) is 59.5. The lowest BCUT2D eigenvalue weighted by molar-refractivity contribution is -0.359. The number of allylic oxidation sites excluding steroid dienone is 21. The first-order valence-corrected chi connectivity index (χ1v) is 31.4. The maximum Gasteiger partial charge on any atom is 0.220 e. The monoisotopic (exact) mass is 1150 g/mol. The van der Waals surface area contributed by atoms with E-state index in [0.717, 1.165) is 116 Å². The average molecular weight is 1150 g/mol. The van der Waals surface area contributed by atoms with Crippen molar-refractivity contribution in [1.82, 2.24) is 5.32 Å². The highest BCUT2D eigenvalue weighted by molar-refractivity contribution is 5.76. The minimum Gasteiger partial charge on any atom is -0.394 e. The number of unbranched alkanes of at least 4 members (excludes halogenated alkanes) is 15. The Kier molecular flexibility index (Phi) is 46.7. The SMILES string of the molecule is CC/C=C\C/C=C\C/C=C\C/C=C\C/C=C\C/C=C\C/C=C\C/C=C\C/C=C\C/C=C\CCCCCCC(=O)NC(COC1OC(CO)C(OC2OC(CO)C(O)C(O)C2O)C(O)C1O)C(O)/C=C/CCCCCCCCCCCCC. The van der Waals surface area contributed by atoms with Gasteiger partial charge in [0.2, 0.25) is 5.91 Å². The Labute approximate surface area is 494 Å². The number of aliphatic hydroxyl groups is 8. The number of amides is 1. The van der Waals surface area contributed by atoms with Crippen LogP contribution in [0.25, 0.3) is 0 Å². The molecule has 0 aromatic heterocycles. The molecule has 12 atom stereocenters. The predicted octanol–water partition coefficient (Wildman–Crippen LogP) is 11.6. The van der Waals surface area contributed by atoms with Gasteiger partial charge < -0.3 is 65.1 Å². The summed E-state index contributed by atoms with van der Waals surface area (Å²) in [6.07, 6.45) is 59.2. The number of aliphatic hydroxyl groups excluding tert-OH is 8. The lowest BCUT2D eigenvalue weighted by Crippen LogP contribution is -2.65. The van der Waals surface area contributed by atoms with E-state index in [1.54, 1.807) is 6.08 Å². The van der Waals surface area contributed by atoms with Crippen molar-refractivity contribution >= 4 is 5.91 Å². The van der Waals surface area contributed by atoms with Gasteiger partial charge in [-0.15, -0.1) is 0 Å². The maximum absolute atomic E-state index is 13.3. The number of hydrogen-bond acceptors (Lipinski definition) is 13. The Morgan fingerprint density at radius 2 is 0.841 bits per heavy atom. The molecule has 0 aromatic carbocycles. The van der Waals surface area contributed by atoms with Crippen molar-refractivity contribution < 1.29 is 64.6 Å². The molecule has 0 aromatic rings. The number of carbonyl (C=O) groups is 1. The van der Waals surface area contributed by atoms with Crippen LogP contribution in [0.15, 0.2) is 134 Å². The molecule has 0 bridgehead atoms. The topological polar surface area (TPSA) is 228 Å². The molecule has 0 spiro atoms. The summed E-state index contributed by atoms with van der Waals surface area (Å²) in [6.45, 7) is 2.63. The molecule has 2 aliphatic heterocycles. The molecule has 2 saturated heterocycles. The van der Waals surface area contributed by atoms with Gasteiger partial charge in [-0.25, -0.2) is 0 Å². The molecular weight excluding hydrogens is 1040 g/mol. The molecule has 9 N–H and O–H groups in total. The van der Waals surface area contributed by atoms with Crippen molar-refractivity contribution in [1.29, 1.82) is 0 Å². The smallest absolute Gasteiger partial charge is 0.220 e. The minimum absolute atomic E-state index is 0.242. The third kappa shape index (κ3) is 36.1. The van der Waals surface area contributed by atoms with Gasteiger partial charge in [-0.3, -0.25) is 4.79 Å².